The molecule has 0 saturated heterocycles. The van der Waals surface area contributed by atoms with Crippen LogP contribution in [0.25, 0.3) is 22.2 Å². The summed E-state index contributed by atoms with van der Waals surface area (Å²) in [6, 6.07) is 17.7. The first-order valence-corrected chi connectivity index (χ1v) is 13.3. The molecule has 0 fully saturated rings. The summed E-state index contributed by atoms with van der Waals surface area (Å²) in [6.07, 6.45) is 10.4. The molecule has 2 heterocycles. The van der Waals surface area contributed by atoms with Crippen LogP contribution in [0, 0.1) is 6.92 Å². The van der Waals surface area contributed by atoms with E-state index in [0.29, 0.717) is 5.91 Å². The van der Waals surface area contributed by atoms with Crippen molar-refractivity contribution in [2.24, 2.45) is 7.05 Å². The van der Waals surface area contributed by atoms with E-state index in [1.807, 2.05) is 0 Å². The van der Waals surface area contributed by atoms with Crippen LogP contribution in [0.3, 0.4) is 0 Å². The predicted molar refractivity (Wildman–Crippen MR) is 142 cm³/mol. The lowest BCUT2D eigenvalue weighted by atomic mass is 9.86. The number of para-hydroxylation sites is 1. The zero-order valence-corrected chi connectivity index (χ0v) is 21.1. The van der Waals surface area contributed by atoms with Crippen molar-refractivity contribution in [3.63, 3.8) is 0 Å². The van der Waals surface area contributed by atoms with Crippen LogP contribution in [0.15, 0.2) is 59.7 Å². The summed E-state index contributed by atoms with van der Waals surface area (Å²) >= 11 is 0. The number of hydrogen-bond acceptors (Lipinski definition) is 1. The number of aromatic nitrogens is 1. The minimum atomic E-state index is 0.0661. The Labute approximate surface area is 204 Å². The summed E-state index contributed by atoms with van der Waals surface area (Å²) in [5, 5.41) is 1.29. The third-order valence-electron chi connectivity index (χ3n) is 7.92. The molecule has 3 aromatic rings. The van der Waals surface area contributed by atoms with Crippen molar-refractivity contribution in [2.75, 3.05) is 6.54 Å². The Balaban J connectivity index is 1.65. The van der Waals surface area contributed by atoms with Gasteiger partial charge in [0.15, 0.2) is 0 Å². The monoisotopic (exact) mass is 454 g/mol. The normalized spacial score (nSPS) is 18.3. The largest absolute Gasteiger partial charge is 0.343 e. The van der Waals surface area contributed by atoms with Crippen molar-refractivity contribution in [1.82, 2.24) is 9.47 Å². The van der Waals surface area contributed by atoms with Crippen LogP contribution in [0.5, 0.6) is 0 Å². The quantitative estimate of drug-likeness (QED) is 0.318. The van der Waals surface area contributed by atoms with Crippen LogP contribution in [0.1, 0.15) is 81.9 Å². The zero-order valence-electron chi connectivity index (χ0n) is 21.1. The van der Waals surface area contributed by atoms with Crippen molar-refractivity contribution in [1.29, 1.82) is 0 Å². The third-order valence-corrected chi connectivity index (χ3v) is 7.92. The number of carbonyl (C=O) groups is 1. The van der Waals surface area contributed by atoms with Crippen LogP contribution < -0.4 is 0 Å². The maximum atomic E-state index is 13.7. The fraction of sp³-hybridized carbons (Fsp3) is 0.452. The number of fused-ring (bicyclic) bond motifs is 1. The van der Waals surface area contributed by atoms with E-state index in [9.17, 15) is 4.79 Å². The topological polar surface area (TPSA) is 25.2 Å². The predicted octanol–water partition coefficient (Wildman–Crippen LogP) is 7.88. The van der Waals surface area contributed by atoms with Gasteiger partial charge in [0.25, 0.3) is 5.91 Å². The van der Waals surface area contributed by atoms with Gasteiger partial charge in [-0.15, -0.1) is 0 Å². The van der Waals surface area contributed by atoms with Gasteiger partial charge in [-0.3, -0.25) is 4.79 Å². The van der Waals surface area contributed by atoms with Gasteiger partial charge in [0.1, 0.15) is 0 Å². The van der Waals surface area contributed by atoms with Crippen molar-refractivity contribution in [2.45, 2.75) is 77.7 Å². The van der Waals surface area contributed by atoms with E-state index >= 15 is 0 Å². The molecule has 0 saturated carbocycles. The number of rotatable bonds is 8. The fourth-order valence-electron chi connectivity index (χ4n) is 6.16. The van der Waals surface area contributed by atoms with E-state index in [1.165, 1.54) is 71.0 Å². The Bertz CT molecular complexity index is 1210. The summed E-state index contributed by atoms with van der Waals surface area (Å²) < 4.78 is 2.35. The molecule has 34 heavy (non-hydrogen) atoms. The van der Waals surface area contributed by atoms with E-state index in [2.05, 4.69) is 78.9 Å². The highest BCUT2D eigenvalue weighted by Crippen LogP contribution is 2.49. The molecule has 0 N–H and O–H groups in total. The van der Waals surface area contributed by atoms with Crippen LogP contribution >= 0.6 is 0 Å². The van der Waals surface area contributed by atoms with Crippen molar-refractivity contribution in [3.05, 3.63) is 70.8 Å². The van der Waals surface area contributed by atoms with Crippen molar-refractivity contribution in [3.8, 4) is 11.3 Å². The molecule has 178 valence electrons. The minimum Gasteiger partial charge on any atom is -0.343 e. The molecule has 3 heteroatoms. The van der Waals surface area contributed by atoms with Crippen LogP contribution in [0.4, 0.5) is 0 Å². The first kappa shape index (κ1) is 23.0. The summed E-state index contributed by atoms with van der Waals surface area (Å²) in [4.78, 5) is 16.0. The molecule has 1 aromatic heterocycles. The zero-order chi connectivity index (χ0) is 23.7. The first-order valence-electron chi connectivity index (χ1n) is 13.3. The highest BCUT2D eigenvalue weighted by molar-refractivity contribution is 6.01. The van der Waals surface area contributed by atoms with Gasteiger partial charge in [-0.2, -0.15) is 0 Å². The van der Waals surface area contributed by atoms with Gasteiger partial charge in [0.2, 0.25) is 0 Å². The fourth-order valence-corrected chi connectivity index (χ4v) is 6.16. The van der Waals surface area contributed by atoms with Crippen molar-refractivity contribution < 1.29 is 4.79 Å². The number of amides is 1. The summed E-state index contributed by atoms with van der Waals surface area (Å²) in [5.41, 5.74) is 8.85. The van der Waals surface area contributed by atoms with Crippen molar-refractivity contribution >= 4 is 16.8 Å². The number of benzene rings is 2. The maximum absolute atomic E-state index is 13.7. The van der Waals surface area contributed by atoms with Gasteiger partial charge in [0.05, 0.1) is 11.7 Å². The Morgan fingerprint density at radius 2 is 1.65 bits per heavy atom. The van der Waals surface area contributed by atoms with Gasteiger partial charge in [-0.25, -0.2) is 0 Å². The summed E-state index contributed by atoms with van der Waals surface area (Å²) in [5.74, 6) is 0.304. The van der Waals surface area contributed by atoms with Crippen LogP contribution in [-0.4, -0.2) is 21.9 Å². The lowest BCUT2D eigenvalue weighted by Gasteiger charge is -2.29. The maximum Gasteiger partial charge on any atom is 0.250 e. The Morgan fingerprint density at radius 3 is 2.44 bits per heavy atom. The van der Waals surface area contributed by atoms with Crippen LogP contribution in [0.2, 0.25) is 0 Å². The Hall–Kier alpha value is -2.81. The number of hydrogen-bond donors (Lipinski definition) is 0. The Kier molecular flexibility index (Phi) is 6.63. The van der Waals surface area contributed by atoms with Gasteiger partial charge < -0.3 is 9.47 Å². The highest BCUT2D eigenvalue weighted by atomic mass is 16.2. The number of aryl methyl sites for hydroxylation is 2. The molecule has 3 nitrogen and oxygen atoms in total. The van der Waals surface area contributed by atoms with Gasteiger partial charge in [0, 0.05) is 35.6 Å². The van der Waals surface area contributed by atoms with E-state index in [4.69, 9.17) is 0 Å². The standard InChI is InChI=1S/C31H38N2O/c1-4-5-6-7-12-21-33-30(24-13-8-9-14-25(24)31(33)34)28-26-15-10-11-16-27(26)32(3)29(28)23-19-17-22(2)18-20-23/h10-11,15-20,30H,4-9,12-14,21H2,1-3H3. The molecule has 0 radical (unpaired) electrons. The average Bonchev–Trinajstić information content (AvgIpc) is 3.30. The molecule has 1 aliphatic heterocycles. The molecule has 2 aliphatic rings. The molecule has 2 aromatic carbocycles. The summed E-state index contributed by atoms with van der Waals surface area (Å²) in [6.45, 7) is 5.25. The second kappa shape index (κ2) is 9.82. The van der Waals surface area contributed by atoms with Gasteiger partial charge in [-0.05, 0) is 56.2 Å². The average molecular weight is 455 g/mol. The molecule has 1 unspecified atom stereocenters. The molecule has 0 bridgehead atoms. The molecule has 0 spiro atoms. The second-order valence-electron chi connectivity index (χ2n) is 10.2. The molecule has 5 rings (SSSR count). The number of unbranched alkanes of at least 4 members (excludes halogenated alkanes) is 4. The highest BCUT2D eigenvalue weighted by Gasteiger charge is 2.42. The first-order chi connectivity index (χ1) is 16.6. The van der Waals surface area contributed by atoms with Gasteiger partial charge in [-0.1, -0.05) is 80.6 Å². The van der Waals surface area contributed by atoms with Gasteiger partial charge >= 0.3 is 0 Å². The third kappa shape index (κ3) is 4.00. The number of carbonyl (C=O) groups excluding carboxylic acids is 1. The SMILES string of the molecule is CCCCCCCN1C(=O)C2=C(CCCC2)C1c1c(-c2ccc(C)cc2)n(C)c2ccccc12. The minimum absolute atomic E-state index is 0.0661. The second-order valence-corrected chi connectivity index (χ2v) is 10.2. The molecular weight excluding hydrogens is 416 g/mol. The number of nitrogens with zero attached hydrogens (tertiary/aromatic N) is 2. The summed E-state index contributed by atoms with van der Waals surface area (Å²) in [7, 11) is 2.18. The molecule has 1 amide bonds. The van der Waals surface area contributed by atoms with E-state index < -0.39 is 0 Å². The lowest BCUT2D eigenvalue weighted by Crippen LogP contribution is -2.31. The molecule has 1 aliphatic carbocycles. The Morgan fingerprint density at radius 1 is 0.912 bits per heavy atom. The molecular formula is C31H38N2O. The lowest BCUT2D eigenvalue weighted by molar-refractivity contribution is -0.127. The van der Waals surface area contributed by atoms with E-state index in [0.717, 1.165) is 37.8 Å². The van der Waals surface area contributed by atoms with E-state index in [-0.39, 0.29) is 6.04 Å². The van der Waals surface area contributed by atoms with E-state index in [1.54, 1.807) is 0 Å². The van der Waals surface area contributed by atoms with Crippen LogP contribution in [-0.2, 0) is 11.8 Å². The molecule has 1 atom stereocenters. The smallest absolute Gasteiger partial charge is 0.250 e.